The van der Waals surface area contributed by atoms with Crippen LogP contribution in [0.3, 0.4) is 0 Å². The average molecular weight is 425 g/mol. The number of nitrogens with zero attached hydrogens (tertiary/aromatic N) is 2. The molecule has 5 rings (SSSR count). The lowest BCUT2D eigenvalue weighted by atomic mass is 9.69. The van der Waals surface area contributed by atoms with Crippen LogP contribution < -0.4 is 5.32 Å². The molecule has 0 radical (unpaired) electrons. The Hall–Kier alpha value is -2.05. The van der Waals surface area contributed by atoms with Gasteiger partial charge < -0.3 is 20.3 Å². The van der Waals surface area contributed by atoms with Gasteiger partial charge in [0.15, 0.2) is 0 Å². The molecule has 3 N–H and O–H groups in total. The number of fused-ring (bicyclic) bond motifs is 2. The number of aliphatic hydroxyl groups is 1. The third kappa shape index (κ3) is 3.26. The second-order valence-electron chi connectivity index (χ2n) is 9.83. The zero-order chi connectivity index (χ0) is 21.8. The van der Waals surface area contributed by atoms with Crippen LogP contribution in [0.4, 0.5) is 4.79 Å². The molecule has 1 saturated carbocycles. The maximum absolute atomic E-state index is 12.7. The fraction of sp³-hybridized carbons (Fsp3) is 0.640. The van der Waals surface area contributed by atoms with Crippen molar-refractivity contribution in [2.75, 3.05) is 26.7 Å². The number of nitrogens with one attached hydrogen (secondary N) is 2. The highest BCUT2D eigenvalue weighted by Gasteiger charge is 2.51. The molecule has 31 heavy (non-hydrogen) atoms. The number of aromatic nitrogens is 1. The smallest absolute Gasteiger partial charge is 0.317 e. The SMILES string of the molecule is CCN(CC)C(=O)NC1CN(C)[C@@H]2Cc3c(C4CCCC4)[nH]c4cccc(c34)C2(O)C1. The molecule has 2 amide bonds. The Morgan fingerprint density at radius 1 is 1.29 bits per heavy atom. The van der Waals surface area contributed by atoms with Crippen molar-refractivity contribution in [3.63, 3.8) is 0 Å². The molecule has 2 fully saturated rings. The Bertz CT molecular complexity index is 975. The van der Waals surface area contributed by atoms with Crippen LogP contribution in [0.15, 0.2) is 18.2 Å². The number of likely N-dealkylation sites (N-methyl/N-ethyl adjacent to an activating group) is 1. The van der Waals surface area contributed by atoms with Gasteiger partial charge in [-0.3, -0.25) is 4.90 Å². The van der Waals surface area contributed by atoms with Gasteiger partial charge in [-0.05, 0) is 63.3 Å². The van der Waals surface area contributed by atoms with Crippen molar-refractivity contribution in [1.29, 1.82) is 0 Å². The van der Waals surface area contributed by atoms with E-state index in [1.165, 1.54) is 42.3 Å². The number of rotatable bonds is 4. The predicted octanol–water partition coefficient (Wildman–Crippen LogP) is 3.69. The first kappa shape index (κ1) is 20.8. The number of aromatic amines is 1. The topological polar surface area (TPSA) is 71.6 Å². The Labute approximate surface area is 185 Å². The lowest BCUT2D eigenvalue weighted by Crippen LogP contribution is -2.63. The van der Waals surface area contributed by atoms with Crippen LogP contribution in [0.2, 0.25) is 0 Å². The molecule has 0 spiro atoms. The standard InChI is InChI=1S/C25H36N4O2/c1-4-29(5-2)24(30)26-17-14-25(31)19-11-8-12-20-22(19)18(13-21(25)28(3)15-17)23(27-20)16-9-6-7-10-16/h8,11-12,16-17,21,27,31H,4-7,9-10,13-15H2,1-3H3,(H,26,30)/t17?,21-,25?/m1/s1. The second kappa shape index (κ2) is 7.82. The van der Waals surface area contributed by atoms with Crippen LogP contribution in [-0.4, -0.2) is 64.7 Å². The molecular weight excluding hydrogens is 388 g/mol. The molecule has 1 aromatic carbocycles. The summed E-state index contributed by atoms with van der Waals surface area (Å²) in [6.07, 6.45) is 6.57. The van der Waals surface area contributed by atoms with E-state index in [0.717, 1.165) is 24.0 Å². The van der Waals surface area contributed by atoms with Crippen LogP contribution in [0.5, 0.6) is 0 Å². The van der Waals surface area contributed by atoms with Crippen molar-refractivity contribution in [1.82, 2.24) is 20.1 Å². The monoisotopic (exact) mass is 424 g/mol. The fourth-order valence-electron chi connectivity index (χ4n) is 6.57. The van der Waals surface area contributed by atoms with Crippen LogP contribution in [-0.2, 0) is 12.0 Å². The van der Waals surface area contributed by atoms with Gasteiger partial charge in [-0.1, -0.05) is 25.0 Å². The second-order valence-corrected chi connectivity index (χ2v) is 9.83. The summed E-state index contributed by atoms with van der Waals surface area (Å²) in [5.74, 6) is 0.622. The van der Waals surface area contributed by atoms with E-state index in [9.17, 15) is 9.90 Å². The first-order chi connectivity index (χ1) is 15.0. The highest BCUT2D eigenvalue weighted by atomic mass is 16.3. The quantitative estimate of drug-likeness (QED) is 0.701. The lowest BCUT2D eigenvalue weighted by Gasteiger charge is -2.51. The van der Waals surface area contributed by atoms with E-state index in [1.54, 1.807) is 4.90 Å². The van der Waals surface area contributed by atoms with E-state index < -0.39 is 5.60 Å². The van der Waals surface area contributed by atoms with E-state index in [2.05, 4.69) is 40.4 Å². The molecule has 2 aliphatic carbocycles. The van der Waals surface area contributed by atoms with Gasteiger partial charge in [0.1, 0.15) is 5.60 Å². The fourth-order valence-corrected chi connectivity index (χ4v) is 6.57. The van der Waals surface area contributed by atoms with Crippen LogP contribution in [0.1, 0.15) is 68.7 Å². The van der Waals surface area contributed by atoms with Crippen molar-refractivity contribution in [3.05, 3.63) is 35.0 Å². The molecule has 0 bridgehead atoms. The summed E-state index contributed by atoms with van der Waals surface area (Å²) in [6.45, 7) is 6.13. The number of carbonyl (C=O) groups excluding carboxylic acids is 1. The summed E-state index contributed by atoms with van der Waals surface area (Å²) < 4.78 is 0. The molecule has 6 nitrogen and oxygen atoms in total. The summed E-state index contributed by atoms with van der Waals surface area (Å²) in [5, 5.41) is 16.5. The van der Waals surface area contributed by atoms with Gasteiger partial charge in [0.25, 0.3) is 0 Å². The number of carbonyl (C=O) groups is 1. The highest BCUT2D eigenvalue weighted by Crippen LogP contribution is 2.49. The van der Waals surface area contributed by atoms with Crippen molar-refractivity contribution < 1.29 is 9.90 Å². The molecule has 168 valence electrons. The number of likely N-dealkylation sites (tertiary alicyclic amines) is 1. The molecular formula is C25H36N4O2. The lowest BCUT2D eigenvalue weighted by molar-refractivity contribution is -0.0889. The zero-order valence-electron chi connectivity index (χ0n) is 19.1. The van der Waals surface area contributed by atoms with Gasteiger partial charge in [0.2, 0.25) is 0 Å². The van der Waals surface area contributed by atoms with Crippen molar-refractivity contribution in [3.8, 4) is 0 Å². The Morgan fingerprint density at radius 3 is 2.74 bits per heavy atom. The van der Waals surface area contributed by atoms with Gasteiger partial charge in [-0.15, -0.1) is 0 Å². The predicted molar refractivity (Wildman–Crippen MR) is 123 cm³/mol. The van der Waals surface area contributed by atoms with Gasteiger partial charge in [-0.2, -0.15) is 0 Å². The zero-order valence-corrected chi connectivity index (χ0v) is 19.1. The van der Waals surface area contributed by atoms with E-state index in [-0.39, 0.29) is 18.1 Å². The van der Waals surface area contributed by atoms with E-state index in [1.807, 2.05) is 13.8 Å². The number of amides is 2. The average Bonchev–Trinajstić information content (AvgIpc) is 3.39. The van der Waals surface area contributed by atoms with E-state index >= 15 is 0 Å². The number of urea groups is 1. The molecule has 2 heterocycles. The minimum atomic E-state index is -0.962. The van der Waals surface area contributed by atoms with E-state index in [4.69, 9.17) is 0 Å². The molecule has 1 saturated heterocycles. The normalized spacial score (nSPS) is 28.6. The van der Waals surface area contributed by atoms with Crippen LogP contribution in [0.25, 0.3) is 10.9 Å². The Balaban J connectivity index is 1.52. The third-order valence-corrected chi connectivity index (χ3v) is 8.12. The number of piperidine rings is 1. The van der Waals surface area contributed by atoms with Gasteiger partial charge in [0, 0.05) is 54.7 Å². The summed E-state index contributed by atoms with van der Waals surface area (Å²) in [6, 6.07) is 6.23. The maximum Gasteiger partial charge on any atom is 0.317 e. The summed E-state index contributed by atoms with van der Waals surface area (Å²) in [7, 11) is 2.10. The highest BCUT2D eigenvalue weighted by molar-refractivity contribution is 5.90. The summed E-state index contributed by atoms with van der Waals surface area (Å²) in [4.78, 5) is 20.5. The summed E-state index contributed by atoms with van der Waals surface area (Å²) in [5.41, 5.74) is 4.05. The molecule has 2 unspecified atom stereocenters. The van der Waals surface area contributed by atoms with Gasteiger partial charge in [0.05, 0.1) is 0 Å². The molecule has 1 aromatic heterocycles. The number of H-pyrrole nitrogens is 1. The van der Waals surface area contributed by atoms with Crippen LogP contribution >= 0.6 is 0 Å². The van der Waals surface area contributed by atoms with Crippen LogP contribution in [0, 0.1) is 0 Å². The summed E-state index contributed by atoms with van der Waals surface area (Å²) >= 11 is 0. The van der Waals surface area contributed by atoms with Crippen molar-refractivity contribution in [2.24, 2.45) is 0 Å². The Morgan fingerprint density at radius 2 is 2.03 bits per heavy atom. The maximum atomic E-state index is 12.7. The van der Waals surface area contributed by atoms with Crippen molar-refractivity contribution in [2.45, 2.75) is 76.0 Å². The minimum absolute atomic E-state index is 0.0307. The minimum Gasteiger partial charge on any atom is -0.383 e. The molecule has 1 aliphatic heterocycles. The number of hydrogen-bond acceptors (Lipinski definition) is 3. The first-order valence-corrected chi connectivity index (χ1v) is 12.1. The molecule has 2 aromatic rings. The van der Waals surface area contributed by atoms with Crippen molar-refractivity contribution >= 4 is 16.9 Å². The largest absolute Gasteiger partial charge is 0.383 e. The van der Waals surface area contributed by atoms with Gasteiger partial charge >= 0.3 is 6.03 Å². The van der Waals surface area contributed by atoms with E-state index in [0.29, 0.717) is 25.4 Å². The number of benzene rings is 1. The molecule has 3 atom stereocenters. The molecule has 6 heteroatoms. The van der Waals surface area contributed by atoms with Gasteiger partial charge in [-0.25, -0.2) is 4.79 Å². The first-order valence-electron chi connectivity index (χ1n) is 12.1. The molecule has 3 aliphatic rings. The number of hydrogen-bond donors (Lipinski definition) is 3. The third-order valence-electron chi connectivity index (χ3n) is 8.12. The Kier molecular flexibility index (Phi) is 5.25.